The second kappa shape index (κ2) is 9.12. The van der Waals surface area contributed by atoms with Gasteiger partial charge in [0.2, 0.25) is 0 Å². The molecule has 0 amide bonds. The van der Waals surface area contributed by atoms with Gasteiger partial charge in [0.25, 0.3) is 0 Å². The van der Waals surface area contributed by atoms with Crippen LogP contribution in [0, 0.1) is 0 Å². The van der Waals surface area contributed by atoms with Crippen molar-refractivity contribution < 1.29 is 9.47 Å². The number of aliphatic imine (C=N–C) groups is 1. The van der Waals surface area contributed by atoms with Crippen molar-refractivity contribution >= 4 is 22.4 Å². The van der Waals surface area contributed by atoms with E-state index in [4.69, 9.17) is 15.2 Å². The number of nitrogens with zero attached hydrogens (tertiary/aromatic N) is 3. The Morgan fingerprint density at radius 2 is 2.04 bits per heavy atom. The molecule has 0 radical (unpaired) electrons. The lowest BCUT2D eigenvalue weighted by Crippen LogP contribution is -2.33. The van der Waals surface area contributed by atoms with Gasteiger partial charge in [-0.1, -0.05) is 6.07 Å². The molecule has 0 unspecified atom stereocenters. The van der Waals surface area contributed by atoms with Gasteiger partial charge in [0.05, 0.1) is 26.5 Å². The Hall–Kier alpha value is -2.48. The van der Waals surface area contributed by atoms with E-state index in [9.17, 15) is 0 Å². The van der Waals surface area contributed by atoms with Crippen LogP contribution < -0.4 is 25.4 Å². The maximum absolute atomic E-state index is 5.91. The molecule has 25 heavy (non-hydrogen) atoms. The van der Waals surface area contributed by atoms with Crippen molar-refractivity contribution in [2.45, 2.75) is 13.0 Å². The smallest absolute Gasteiger partial charge is 0.188 e. The number of anilines is 1. The van der Waals surface area contributed by atoms with Crippen LogP contribution in [0.3, 0.4) is 0 Å². The first-order valence-corrected chi connectivity index (χ1v) is 8.78. The molecule has 1 aromatic carbocycles. The van der Waals surface area contributed by atoms with Crippen molar-refractivity contribution in [2.75, 3.05) is 39.8 Å². The van der Waals surface area contributed by atoms with Gasteiger partial charge in [-0.15, -0.1) is 11.3 Å². The normalized spacial score (nSPS) is 11.3. The molecule has 2 aromatic rings. The van der Waals surface area contributed by atoms with Crippen LogP contribution in [0.25, 0.3) is 0 Å². The summed E-state index contributed by atoms with van der Waals surface area (Å²) in [5.74, 6) is 1.86. The first-order chi connectivity index (χ1) is 12.0. The van der Waals surface area contributed by atoms with Gasteiger partial charge in [-0.05, 0) is 24.1 Å². The molecule has 0 fully saturated rings. The first kappa shape index (κ1) is 18.9. The topological polar surface area (TPSA) is 85.0 Å². The molecule has 7 nitrogen and oxygen atoms in total. The van der Waals surface area contributed by atoms with Crippen LogP contribution in [0.4, 0.5) is 5.13 Å². The quantitative estimate of drug-likeness (QED) is 0.550. The number of nitrogens with two attached hydrogens (primary N) is 1. The van der Waals surface area contributed by atoms with Crippen molar-refractivity contribution in [3.8, 4) is 11.5 Å². The molecule has 0 spiro atoms. The lowest BCUT2D eigenvalue weighted by Gasteiger charge is -2.10. The molecule has 2 rings (SSSR count). The largest absolute Gasteiger partial charge is 0.493 e. The number of methoxy groups -OCH3 is 2. The van der Waals surface area contributed by atoms with Gasteiger partial charge in [-0.2, -0.15) is 0 Å². The van der Waals surface area contributed by atoms with Crippen LogP contribution >= 0.6 is 11.3 Å². The Labute approximate surface area is 152 Å². The number of benzene rings is 1. The summed E-state index contributed by atoms with van der Waals surface area (Å²) in [6.45, 7) is 1.16. The van der Waals surface area contributed by atoms with Crippen LogP contribution in [-0.2, 0) is 13.0 Å². The number of hydrogen-bond donors (Lipinski definition) is 2. The van der Waals surface area contributed by atoms with Crippen molar-refractivity contribution in [1.29, 1.82) is 0 Å². The van der Waals surface area contributed by atoms with Crippen LogP contribution in [0.1, 0.15) is 11.3 Å². The Morgan fingerprint density at radius 1 is 1.28 bits per heavy atom. The van der Waals surface area contributed by atoms with E-state index in [1.807, 2.05) is 42.6 Å². The van der Waals surface area contributed by atoms with Crippen LogP contribution in [0.2, 0.25) is 0 Å². The summed E-state index contributed by atoms with van der Waals surface area (Å²) in [7, 11) is 7.19. The molecule has 0 saturated heterocycles. The number of ether oxygens (including phenoxy) is 2. The van der Waals surface area contributed by atoms with Crippen molar-refractivity contribution in [3.05, 3.63) is 34.8 Å². The molecule has 3 N–H and O–H groups in total. The van der Waals surface area contributed by atoms with Gasteiger partial charge in [-0.3, -0.25) is 0 Å². The van der Waals surface area contributed by atoms with Gasteiger partial charge in [0.15, 0.2) is 22.6 Å². The highest BCUT2D eigenvalue weighted by atomic mass is 32.1. The monoisotopic (exact) mass is 363 g/mol. The van der Waals surface area contributed by atoms with Crippen molar-refractivity contribution in [2.24, 2.45) is 10.7 Å². The highest BCUT2D eigenvalue weighted by molar-refractivity contribution is 7.13. The maximum Gasteiger partial charge on any atom is 0.188 e. The Morgan fingerprint density at radius 3 is 2.68 bits per heavy atom. The van der Waals surface area contributed by atoms with Crippen LogP contribution in [0.15, 0.2) is 28.6 Å². The predicted octanol–water partition coefficient (Wildman–Crippen LogP) is 1.87. The molecule has 1 aromatic heterocycles. The van der Waals surface area contributed by atoms with E-state index in [1.165, 1.54) is 0 Å². The summed E-state index contributed by atoms with van der Waals surface area (Å²) in [5.41, 5.74) is 7.96. The molecule has 0 aliphatic rings. The van der Waals surface area contributed by atoms with E-state index < -0.39 is 0 Å². The highest BCUT2D eigenvalue weighted by Crippen LogP contribution is 2.27. The first-order valence-electron chi connectivity index (χ1n) is 7.90. The highest BCUT2D eigenvalue weighted by Gasteiger charge is 2.05. The third-order valence-corrected chi connectivity index (χ3v) is 4.56. The number of guanidine groups is 1. The average Bonchev–Trinajstić information content (AvgIpc) is 3.09. The number of thiazole rings is 1. The summed E-state index contributed by atoms with van der Waals surface area (Å²) in [5, 5.41) is 6.08. The van der Waals surface area contributed by atoms with Crippen molar-refractivity contribution in [3.63, 3.8) is 0 Å². The third-order valence-electron chi connectivity index (χ3n) is 3.50. The maximum atomic E-state index is 5.91. The Balaban J connectivity index is 1.82. The standard InChI is InChI=1S/C17H25N5O2S/c1-22(2)17-21-13(11-25-17)10-20-16(18)19-8-7-12-5-6-14(23-3)15(9-12)24-4/h5-6,9,11H,7-8,10H2,1-4H3,(H3,18,19,20). The summed E-state index contributed by atoms with van der Waals surface area (Å²) < 4.78 is 10.5. The van der Waals surface area contributed by atoms with Gasteiger partial charge >= 0.3 is 0 Å². The Kier molecular flexibility index (Phi) is 6.88. The fraction of sp³-hybridized carbons (Fsp3) is 0.412. The van der Waals surface area contributed by atoms with E-state index in [0.717, 1.165) is 34.3 Å². The van der Waals surface area contributed by atoms with E-state index in [2.05, 4.69) is 15.3 Å². The van der Waals surface area contributed by atoms with Gasteiger partial charge in [0.1, 0.15) is 0 Å². The van der Waals surface area contributed by atoms with E-state index >= 15 is 0 Å². The zero-order valence-corrected chi connectivity index (χ0v) is 15.9. The molecule has 0 bridgehead atoms. The number of nitrogens with one attached hydrogen (secondary N) is 1. The minimum absolute atomic E-state index is 0.417. The second-order valence-electron chi connectivity index (χ2n) is 5.58. The molecule has 0 atom stereocenters. The van der Waals surface area contributed by atoms with E-state index in [-0.39, 0.29) is 0 Å². The van der Waals surface area contributed by atoms with E-state index in [1.54, 1.807) is 25.6 Å². The van der Waals surface area contributed by atoms with Gasteiger partial charge in [0, 0.05) is 26.0 Å². The molecule has 0 aliphatic carbocycles. The number of aromatic nitrogens is 1. The zero-order valence-electron chi connectivity index (χ0n) is 15.1. The average molecular weight is 363 g/mol. The van der Waals surface area contributed by atoms with Crippen LogP contribution in [0.5, 0.6) is 11.5 Å². The Bertz CT molecular complexity index is 715. The second-order valence-corrected chi connectivity index (χ2v) is 6.42. The molecular formula is C17H25N5O2S. The van der Waals surface area contributed by atoms with E-state index in [0.29, 0.717) is 19.0 Å². The minimum atomic E-state index is 0.417. The lowest BCUT2D eigenvalue weighted by atomic mass is 10.1. The molecule has 136 valence electrons. The molecule has 8 heteroatoms. The third kappa shape index (κ3) is 5.53. The predicted molar refractivity (Wildman–Crippen MR) is 103 cm³/mol. The summed E-state index contributed by atoms with van der Waals surface area (Å²) in [6.07, 6.45) is 0.804. The molecular weight excluding hydrogens is 338 g/mol. The van der Waals surface area contributed by atoms with Crippen LogP contribution in [-0.4, -0.2) is 45.8 Å². The van der Waals surface area contributed by atoms with Gasteiger partial charge < -0.3 is 25.4 Å². The molecule has 1 heterocycles. The SMILES string of the molecule is COc1ccc(CCNC(N)=NCc2csc(N(C)C)n2)cc1OC. The minimum Gasteiger partial charge on any atom is -0.493 e. The summed E-state index contributed by atoms with van der Waals surface area (Å²) in [4.78, 5) is 10.8. The fourth-order valence-corrected chi connectivity index (χ4v) is 2.92. The zero-order chi connectivity index (χ0) is 18.2. The fourth-order valence-electron chi connectivity index (χ4n) is 2.17. The van der Waals surface area contributed by atoms with Crippen molar-refractivity contribution in [1.82, 2.24) is 10.3 Å². The number of hydrogen-bond acceptors (Lipinski definition) is 6. The van der Waals surface area contributed by atoms with Gasteiger partial charge in [-0.25, -0.2) is 9.98 Å². The molecule has 0 aliphatic heterocycles. The summed E-state index contributed by atoms with van der Waals surface area (Å²) >= 11 is 1.59. The molecule has 0 saturated carbocycles. The lowest BCUT2D eigenvalue weighted by molar-refractivity contribution is 0.354. The summed E-state index contributed by atoms with van der Waals surface area (Å²) in [6, 6.07) is 5.87. The number of rotatable bonds is 8.